The maximum atomic E-state index is 13.4. The first-order chi connectivity index (χ1) is 16.3. The Balaban J connectivity index is 1.63. The smallest absolute Gasteiger partial charge is 0.410 e. The lowest BCUT2D eigenvalue weighted by atomic mass is 9.90. The monoisotopic (exact) mass is 499 g/mol. The third kappa shape index (κ3) is 5.62. The molecule has 1 aromatic carbocycles. The van der Waals surface area contributed by atoms with Gasteiger partial charge in [-0.15, -0.1) is 0 Å². The van der Waals surface area contributed by atoms with E-state index in [0.717, 1.165) is 29.5 Å². The number of benzene rings is 1. The second kappa shape index (κ2) is 9.43. The van der Waals surface area contributed by atoms with Crippen molar-refractivity contribution in [2.24, 2.45) is 0 Å². The molecule has 0 radical (unpaired) electrons. The molecule has 1 saturated heterocycles. The molecule has 0 bridgehead atoms. The summed E-state index contributed by atoms with van der Waals surface area (Å²) in [6.07, 6.45) is 3.61. The second-order valence-electron chi connectivity index (χ2n) is 10.9. The van der Waals surface area contributed by atoms with Gasteiger partial charge in [0.1, 0.15) is 11.2 Å². The average molecular weight is 500 g/mol. The van der Waals surface area contributed by atoms with E-state index in [1.807, 2.05) is 37.8 Å². The molecule has 1 atom stereocenters. The third-order valence-corrected chi connectivity index (χ3v) is 6.72. The molecule has 1 unspecified atom stereocenters. The van der Waals surface area contributed by atoms with Gasteiger partial charge >= 0.3 is 6.09 Å². The van der Waals surface area contributed by atoms with Gasteiger partial charge in [0.25, 0.3) is 5.91 Å². The summed E-state index contributed by atoms with van der Waals surface area (Å²) >= 11 is 6.50. The van der Waals surface area contributed by atoms with E-state index in [0.29, 0.717) is 42.3 Å². The zero-order valence-corrected chi connectivity index (χ0v) is 21.9. The predicted octanol–water partition coefficient (Wildman–Crippen LogP) is 5.23. The topological polar surface area (TPSA) is 83.0 Å². The van der Waals surface area contributed by atoms with E-state index in [1.165, 1.54) is 0 Å². The Morgan fingerprint density at radius 2 is 1.89 bits per heavy atom. The van der Waals surface area contributed by atoms with Gasteiger partial charge in [-0.2, -0.15) is 0 Å². The first-order valence-corrected chi connectivity index (χ1v) is 12.5. The number of fused-ring (bicyclic) bond motifs is 1. The van der Waals surface area contributed by atoms with E-state index in [4.69, 9.17) is 16.3 Å². The summed E-state index contributed by atoms with van der Waals surface area (Å²) in [7, 11) is 0. The van der Waals surface area contributed by atoms with Crippen molar-refractivity contribution in [3.63, 3.8) is 0 Å². The Labute approximate surface area is 212 Å². The van der Waals surface area contributed by atoms with Crippen LogP contribution in [0.5, 0.6) is 0 Å². The maximum absolute atomic E-state index is 13.4. The molecule has 0 saturated carbocycles. The zero-order valence-electron chi connectivity index (χ0n) is 21.1. The maximum Gasteiger partial charge on any atom is 0.410 e. The van der Waals surface area contributed by atoms with Crippen molar-refractivity contribution in [3.8, 4) is 0 Å². The minimum absolute atomic E-state index is 0.111. The Hall–Kier alpha value is -2.64. The molecule has 2 aliphatic rings. The van der Waals surface area contributed by atoms with E-state index in [9.17, 15) is 14.7 Å². The number of pyridine rings is 1. The van der Waals surface area contributed by atoms with Gasteiger partial charge in [-0.3, -0.25) is 9.78 Å². The summed E-state index contributed by atoms with van der Waals surface area (Å²) in [6, 6.07) is 7.09. The summed E-state index contributed by atoms with van der Waals surface area (Å²) in [6.45, 7) is 10.5. The molecule has 1 fully saturated rings. The van der Waals surface area contributed by atoms with Crippen LogP contribution in [0.15, 0.2) is 30.5 Å². The fraction of sp³-hybridized carbons (Fsp3) is 0.519. The van der Waals surface area contributed by atoms with Crippen molar-refractivity contribution in [1.29, 1.82) is 0 Å². The molecule has 7 nitrogen and oxygen atoms in total. The number of rotatable bonds is 3. The molecule has 8 heteroatoms. The Kier molecular flexibility index (Phi) is 6.86. The Bertz CT molecular complexity index is 1140. The summed E-state index contributed by atoms with van der Waals surface area (Å²) < 4.78 is 5.67. The minimum Gasteiger partial charge on any atom is -0.444 e. The SMILES string of the molecule is CC(C)(C)OC(=O)N1CCCC1c1cc(Cl)cc2c1CN(C(=O)c1ccnc(C(C)(C)O)c1)CC2. The summed E-state index contributed by atoms with van der Waals surface area (Å²) in [5.41, 5.74) is 2.38. The lowest BCUT2D eigenvalue weighted by Crippen LogP contribution is -2.39. The molecule has 0 aliphatic carbocycles. The highest BCUT2D eigenvalue weighted by Gasteiger charge is 2.36. The van der Waals surface area contributed by atoms with Crippen LogP contribution < -0.4 is 0 Å². The van der Waals surface area contributed by atoms with E-state index >= 15 is 0 Å². The Morgan fingerprint density at radius 1 is 1.14 bits per heavy atom. The minimum atomic E-state index is -1.14. The fourth-order valence-electron chi connectivity index (χ4n) is 4.84. The summed E-state index contributed by atoms with van der Waals surface area (Å²) in [5.74, 6) is -0.111. The largest absolute Gasteiger partial charge is 0.444 e. The highest BCUT2D eigenvalue weighted by Crippen LogP contribution is 2.39. The van der Waals surface area contributed by atoms with Crippen molar-refractivity contribution in [2.45, 2.75) is 77.7 Å². The zero-order chi connectivity index (χ0) is 25.5. The molecule has 3 heterocycles. The molecule has 2 amide bonds. The van der Waals surface area contributed by atoms with Crippen LogP contribution in [0.2, 0.25) is 5.02 Å². The molecule has 2 aliphatic heterocycles. The van der Waals surface area contributed by atoms with E-state index in [2.05, 4.69) is 4.98 Å². The quantitative estimate of drug-likeness (QED) is 0.625. The van der Waals surface area contributed by atoms with Gasteiger partial charge in [0.2, 0.25) is 0 Å². The predicted molar refractivity (Wildman–Crippen MR) is 134 cm³/mol. The number of nitrogens with zero attached hydrogens (tertiary/aromatic N) is 3. The lowest BCUT2D eigenvalue weighted by molar-refractivity contribution is 0.0222. The number of hydrogen-bond donors (Lipinski definition) is 1. The van der Waals surface area contributed by atoms with Gasteiger partial charge in [-0.05, 0) is 94.8 Å². The lowest BCUT2D eigenvalue weighted by Gasteiger charge is -2.34. The van der Waals surface area contributed by atoms with Crippen molar-refractivity contribution in [2.75, 3.05) is 13.1 Å². The normalized spacial score (nSPS) is 18.4. The first-order valence-electron chi connectivity index (χ1n) is 12.1. The number of hydrogen-bond acceptors (Lipinski definition) is 5. The van der Waals surface area contributed by atoms with Crippen LogP contribution in [-0.2, 0) is 23.3 Å². The van der Waals surface area contributed by atoms with E-state index < -0.39 is 11.2 Å². The van der Waals surface area contributed by atoms with Crippen molar-refractivity contribution < 1.29 is 19.4 Å². The van der Waals surface area contributed by atoms with Crippen LogP contribution in [0.25, 0.3) is 0 Å². The third-order valence-electron chi connectivity index (χ3n) is 6.50. The number of halogens is 1. The number of ether oxygens (including phenoxy) is 1. The summed E-state index contributed by atoms with van der Waals surface area (Å²) in [4.78, 5) is 34.2. The highest BCUT2D eigenvalue weighted by atomic mass is 35.5. The molecule has 1 N–H and O–H groups in total. The van der Waals surface area contributed by atoms with Crippen molar-refractivity contribution in [3.05, 3.63) is 63.4 Å². The second-order valence-corrected chi connectivity index (χ2v) is 11.4. The van der Waals surface area contributed by atoms with Crippen LogP contribution in [0.3, 0.4) is 0 Å². The first kappa shape index (κ1) is 25.5. The van der Waals surface area contributed by atoms with Gasteiger partial charge in [0, 0.05) is 36.4 Å². The van der Waals surface area contributed by atoms with Crippen molar-refractivity contribution >= 4 is 23.6 Å². The van der Waals surface area contributed by atoms with E-state index in [1.54, 1.807) is 37.1 Å². The van der Waals surface area contributed by atoms with Gasteiger partial charge in [0.15, 0.2) is 0 Å². The number of aromatic nitrogens is 1. The number of likely N-dealkylation sites (tertiary alicyclic amines) is 1. The van der Waals surface area contributed by atoms with Gasteiger partial charge in [-0.25, -0.2) is 4.79 Å². The van der Waals surface area contributed by atoms with E-state index in [-0.39, 0.29) is 18.0 Å². The van der Waals surface area contributed by atoms with Gasteiger partial charge in [0.05, 0.1) is 11.7 Å². The number of carbonyl (C=O) groups is 2. The molecule has 2 aromatic rings. The number of amides is 2. The van der Waals surface area contributed by atoms with Crippen LogP contribution in [0.4, 0.5) is 4.79 Å². The average Bonchev–Trinajstić information content (AvgIpc) is 3.26. The van der Waals surface area contributed by atoms with Crippen LogP contribution in [0, 0.1) is 0 Å². The molecular formula is C27H34ClN3O4. The number of aliphatic hydroxyl groups is 1. The Morgan fingerprint density at radius 3 is 2.57 bits per heavy atom. The fourth-order valence-corrected chi connectivity index (χ4v) is 5.09. The van der Waals surface area contributed by atoms with Crippen LogP contribution in [0.1, 0.15) is 86.2 Å². The van der Waals surface area contributed by atoms with Gasteiger partial charge in [-0.1, -0.05) is 11.6 Å². The summed E-state index contributed by atoms with van der Waals surface area (Å²) in [5, 5.41) is 11.0. The van der Waals surface area contributed by atoms with Gasteiger partial charge < -0.3 is 19.6 Å². The molecule has 1 aromatic heterocycles. The molecule has 188 valence electrons. The molecule has 4 rings (SSSR count). The van der Waals surface area contributed by atoms with Crippen LogP contribution in [-0.4, -0.2) is 50.6 Å². The molecular weight excluding hydrogens is 466 g/mol. The molecule has 35 heavy (non-hydrogen) atoms. The van der Waals surface area contributed by atoms with Crippen LogP contribution >= 0.6 is 11.6 Å². The standard InChI is InChI=1S/C27H34ClN3O4/c1-26(2,3)35-25(33)31-11-6-7-22(31)20-15-19(28)13-17-9-12-30(16-21(17)20)24(32)18-8-10-29-23(14-18)27(4,5)34/h8,10,13-15,22,34H,6-7,9,11-12,16H2,1-5H3. The highest BCUT2D eigenvalue weighted by molar-refractivity contribution is 6.30. The molecule has 0 spiro atoms. The van der Waals surface area contributed by atoms with Crippen molar-refractivity contribution in [1.82, 2.24) is 14.8 Å². The number of carbonyl (C=O) groups excluding carboxylic acids is 2.